The van der Waals surface area contributed by atoms with E-state index in [4.69, 9.17) is 44.8 Å². The van der Waals surface area contributed by atoms with Crippen molar-refractivity contribution in [3.63, 3.8) is 0 Å². The lowest BCUT2D eigenvalue weighted by molar-refractivity contribution is 0.602. The van der Waals surface area contributed by atoms with E-state index in [-0.39, 0.29) is 32.7 Å². The number of nitriles is 5. The lowest BCUT2D eigenvalue weighted by atomic mass is 9.97. The predicted molar refractivity (Wildman–Crippen MR) is 540 cm³/mol. The number of fused-ring (bicyclic) bond motifs is 10. The summed E-state index contributed by atoms with van der Waals surface area (Å²) in [6, 6.07) is 86.7. The van der Waals surface area contributed by atoms with Crippen LogP contribution in [0.2, 0.25) is 5.02 Å². The van der Waals surface area contributed by atoms with E-state index in [1.807, 2.05) is 145 Å². The molecule has 0 radical (unpaired) electrons. The summed E-state index contributed by atoms with van der Waals surface area (Å²) in [4.78, 5) is 125. The third-order valence-corrected chi connectivity index (χ3v) is 24.6. The van der Waals surface area contributed by atoms with Crippen LogP contribution in [0.3, 0.4) is 0 Å². The maximum absolute atomic E-state index is 13.8. The van der Waals surface area contributed by atoms with Crippen molar-refractivity contribution in [1.82, 2.24) is 79.7 Å². The smallest absolute Gasteiger partial charge is 0.191 e. The topological polar surface area (TPSA) is 467 Å². The Balaban J connectivity index is 0.000000105. The van der Waals surface area contributed by atoms with Crippen molar-refractivity contribution in [3.05, 3.63) is 413 Å². The van der Waals surface area contributed by atoms with Crippen molar-refractivity contribution in [2.45, 2.75) is 0 Å². The van der Waals surface area contributed by atoms with Crippen LogP contribution in [0.5, 0.6) is 0 Å². The molecule has 0 saturated heterocycles. The standard InChI is InChI=1S/C22H11ClN4O2.C22H11FN4O2.C22H13N5O.C22H12N4O2.C22H12N4OS/c23-17-7-14(8-19-21(17)26-11-29-19)15-9-16-18(28)4-5-25-22(16)27-20(15)13-3-1-2-12(6-13)10-24;23-17-3-1-13(7-14(17)10-24)21-15(9-16-19(28)5-6-25-22(16)27-21)12-2-4-18-20(8-12)29-11-26-18;23-11-13-2-1-3-15(8-13)21-16(10-17-20(28)6-7-24-22(17)27-21)14-4-5-18-19(9-14)26-12-25-18;2*23-11-13-2-1-3-15(8-13)21-16(10-17-19(27)6-7-24-22(17)26-21)14-4-5-18-20(9-14)28-12-25-18/h2*1-9,11H,(H,25,27,28);1-10,12H,(H,25,26)(H,24,27,28);2*1-10,12H,(H,24,26,27). The molecule has 0 aliphatic rings. The van der Waals surface area contributed by atoms with E-state index in [0.29, 0.717) is 150 Å². The predicted octanol–water partition coefficient (Wildman–Crippen LogP) is 22.3. The normalized spacial score (nSPS) is 11.0. The molecule has 0 fully saturated rings. The first-order valence-corrected chi connectivity index (χ1v) is 44.5. The minimum Gasteiger partial charge on any atom is -0.443 e. The SMILES string of the molecule is N#Cc1cc(-c2nc3[nH]ccc(=O)c3cc2-c2ccc3ncoc3c2)ccc1F.N#Cc1cccc(-c2nc3[nH]ccc(=O)c3cc2-c2cc(Cl)c3ncoc3c2)c1.N#Cc1cccc(-c2nc3[nH]ccc(=O)c3cc2-c2ccc3nc[nH]c3c2)c1.N#Cc1cccc(-c2nc3[nH]ccc(=O)c3cc2-c2ccc3ncoc3c2)c1.N#Cc1cccc(-c2nc3[nH]ccc(=O)c3cc2-c2ccc3ncsc3c2)c1. The summed E-state index contributed by atoms with van der Waals surface area (Å²) in [5.74, 6) is -0.602. The van der Waals surface area contributed by atoms with Crippen LogP contribution >= 0.6 is 22.9 Å². The van der Waals surface area contributed by atoms with E-state index in [0.717, 1.165) is 99.2 Å². The number of rotatable bonds is 10. The quantitative estimate of drug-likeness (QED) is 0.0740. The largest absolute Gasteiger partial charge is 0.443 e. The van der Waals surface area contributed by atoms with Crippen LogP contribution in [-0.4, -0.2) is 79.7 Å². The summed E-state index contributed by atoms with van der Waals surface area (Å²) in [6.07, 6.45) is 13.6. The Kier molecular flexibility index (Phi) is 23.4. The van der Waals surface area contributed by atoms with Gasteiger partial charge in [0, 0.05) is 117 Å². The van der Waals surface area contributed by atoms with Crippen molar-refractivity contribution < 1.29 is 17.6 Å². The highest BCUT2D eigenvalue weighted by Crippen LogP contribution is 2.42. The average Bonchev–Trinajstić information content (AvgIpc) is 1.16. The van der Waals surface area contributed by atoms with E-state index in [1.165, 1.54) is 67.8 Å². The second-order valence-electron chi connectivity index (χ2n) is 32.1. The molecule has 25 aromatic rings. The summed E-state index contributed by atoms with van der Waals surface area (Å²) in [7, 11) is 0. The van der Waals surface area contributed by atoms with Crippen molar-refractivity contribution in [2.24, 2.45) is 0 Å². The van der Waals surface area contributed by atoms with Gasteiger partial charge in [0.1, 0.15) is 56.7 Å². The van der Waals surface area contributed by atoms with Crippen molar-refractivity contribution in [2.75, 3.05) is 0 Å². The van der Waals surface area contributed by atoms with Crippen molar-refractivity contribution >= 4 is 133 Å². The van der Waals surface area contributed by atoms with Crippen molar-refractivity contribution in [3.8, 4) is 142 Å². The van der Waals surface area contributed by atoms with Gasteiger partial charge in [0.05, 0.1) is 146 Å². The van der Waals surface area contributed by atoms with Gasteiger partial charge in [-0.2, -0.15) is 26.3 Å². The van der Waals surface area contributed by atoms with Gasteiger partial charge in [-0.15, -0.1) is 11.3 Å². The first-order chi connectivity index (χ1) is 69.4. The number of aromatic nitrogens is 16. The molecule has 0 aliphatic heterocycles. The van der Waals surface area contributed by atoms with E-state index < -0.39 is 5.82 Å². The number of hydrogen-bond acceptors (Lipinski definition) is 24. The van der Waals surface area contributed by atoms with Crippen molar-refractivity contribution in [1.29, 1.82) is 26.3 Å². The lowest BCUT2D eigenvalue weighted by Gasteiger charge is -2.12. The van der Waals surface area contributed by atoms with Crippen LogP contribution < -0.4 is 27.1 Å². The van der Waals surface area contributed by atoms with Gasteiger partial charge in [-0.3, -0.25) is 24.0 Å². The van der Waals surface area contributed by atoms with Crippen LogP contribution in [0, 0.1) is 62.5 Å². The highest BCUT2D eigenvalue weighted by atomic mass is 35.5. The molecule has 142 heavy (non-hydrogen) atoms. The number of benzene rings is 10. The third-order valence-electron chi connectivity index (χ3n) is 23.5. The van der Waals surface area contributed by atoms with Crippen LogP contribution in [0.4, 0.5) is 4.39 Å². The summed E-state index contributed by atoms with van der Waals surface area (Å²) in [6.45, 7) is 0. The number of pyridine rings is 10. The number of nitrogens with one attached hydrogen (secondary N) is 6. The van der Waals surface area contributed by atoms with Gasteiger partial charge in [0.15, 0.2) is 63.1 Å². The first-order valence-electron chi connectivity index (χ1n) is 43.3. The number of nitrogens with zero attached hydrogens (tertiary/aromatic N) is 15. The van der Waals surface area contributed by atoms with Crippen LogP contribution in [-0.2, 0) is 0 Å². The molecule has 6 N–H and O–H groups in total. The Morgan fingerprint density at radius 1 is 0.303 bits per heavy atom. The molecule has 0 amide bonds. The zero-order chi connectivity index (χ0) is 97.2. The number of H-pyrrole nitrogens is 6. The fourth-order valence-corrected chi connectivity index (χ4v) is 17.6. The number of halogens is 2. The van der Waals surface area contributed by atoms with Crippen LogP contribution in [0.1, 0.15) is 27.8 Å². The van der Waals surface area contributed by atoms with E-state index in [1.54, 1.807) is 121 Å². The highest BCUT2D eigenvalue weighted by Gasteiger charge is 2.24. The minimum atomic E-state index is -0.602. The molecular formula is C110H59ClFN21O8S. The molecule has 0 unspecified atom stereocenters. The molecule has 0 bridgehead atoms. The van der Waals surface area contributed by atoms with Crippen LogP contribution in [0.25, 0.3) is 222 Å². The molecule has 0 atom stereocenters. The fraction of sp³-hybridized carbons (Fsp3) is 0. The Hall–Kier alpha value is -20.6. The van der Waals surface area contributed by atoms with E-state index in [2.05, 4.69) is 90.2 Å². The van der Waals surface area contributed by atoms with Gasteiger partial charge in [-0.05, 0) is 186 Å². The lowest BCUT2D eigenvalue weighted by Crippen LogP contribution is -2.03. The second-order valence-corrected chi connectivity index (χ2v) is 33.4. The Labute approximate surface area is 806 Å². The van der Waals surface area contributed by atoms with Gasteiger partial charge in [-0.1, -0.05) is 84.4 Å². The summed E-state index contributed by atoms with van der Waals surface area (Å²) >= 11 is 7.96. The molecule has 15 aromatic heterocycles. The summed E-state index contributed by atoms with van der Waals surface area (Å²) in [5, 5.41) is 49.1. The zero-order valence-electron chi connectivity index (χ0n) is 73.2. The molecule has 0 saturated carbocycles. The molecule has 10 aromatic carbocycles. The Morgan fingerprint density at radius 3 is 1.05 bits per heavy atom. The minimum absolute atomic E-state index is 0.0809. The number of thiazole rings is 1. The van der Waals surface area contributed by atoms with E-state index in [9.17, 15) is 54.7 Å². The fourth-order valence-electron chi connectivity index (χ4n) is 16.6. The summed E-state index contributed by atoms with van der Waals surface area (Å²) < 4.78 is 31.2. The molecule has 32 heteroatoms. The second kappa shape index (κ2) is 37.7. The Morgan fingerprint density at radius 2 is 0.648 bits per heavy atom. The van der Waals surface area contributed by atoms with Gasteiger partial charge in [0.25, 0.3) is 0 Å². The molecule has 0 spiro atoms. The average molecular weight is 1890 g/mol. The highest BCUT2D eigenvalue weighted by molar-refractivity contribution is 7.16. The molecule has 29 nitrogen and oxygen atoms in total. The van der Waals surface area contributed by atoms with E-state index >= 15 is 0 Å². The number of imidazole rings is 1. The van der Waals surface area contributed by atoms with Crippen LogP contribution in [0.15, 0.2) is 360 Å². The number of hydrogen-bond donors (Lipinski definition) is 6. The first kappa shape index (κ1) is 88.1. The number of oxazole rings is 3. The Bertz CT molecular complexity index is 9490. The summed E-state index contributed by atoms with van der Waals surface area (Å²) in [5.41, 5.74) is 27.1. The molecule has 672 valence electrons. The molecular weight excluding hydrogens is 1830 g/mol. The number of aromatic amines is 6. The van der Waals surface area contributed by atoms with Gasteiger partial charge < -0.3 is 43.2 Å². The monoisotopic (exact) mass is 1890 g/mol. The maximum atomic E-state index is 13.8. The zero-order valence-corrected chi connectivity index (χ0v) is 74.8. The molecule has 0 aliphatic carbocycles. The van der Waals surface area contributed by atoms with Gasteiger partial charge >= 0.3 is 0 Å². The molecule has 25 rings (SSSR count). The van der Waals surface area contributed by atoms with Gasteiger partial charge in [0.2, 0.25) is 0 Å². The van der Waals surface area contributed by atoms with Gasteiger partial charge in [-0.25, -0.2) is 54.2 Å². The maximum Gasteiger partial charge on any atom is 0.191 e. The molecule has 15 heterocycles. The third kappa shape index (κ3) is 17.4.